The van der Waals surface area contributed by atoms with E-state index in [4.69, 9.17) is 5.73 Å². The number of benzene rings is 1. The Labute approximate surface area is 106 Å². The van der Waals surface area contributed by atoms with Crippen LogP contribution in [-0.2, 0) is 13.5 Å². The van der Waals surface area contributed by atoms with Gasteiger partial charge in [-0.3, -0.25) is 4.79 Å². The zero-order chi connectivity index (χ0) is 13.1. The number of nitrogens with one attached hydrogen (secondary N) is 1. The highest BCUT2D eigenvalue weighted by Gasteiger charge is 2.10. The number of hydrogen-bond donors (Lipinski definition) is 2. The van der Waals surface area contributed by atoms with Crippen LogP contribution in [0.4, 0.5) is 11.4 Å². The van der Waals surface area contributed by atoms with Gasteiger partial charge in [-0.15, -0.1) is 0 Å². The number of nitrogens with zero attached hydrogens (tertiary/aromatic N) is 2. The number of nitrogens with two attached hydrogens (primary N) is 1. The molecule has 94 valence electrons. The Bertz CT molecular complexity index is 574. The molecule has 18 heavy (non-hydrogen) atoms. The number of carbonyl (C=O) groups is 1. The molecule has 3 N–H and O–H groups in total. The summed E-state index contributed by atoms with van der Waals surface area (Å²) in [6.45, 7) is 2.04. The monoisotopic (exact) mass is 244 g/mol. The third-order valence-electron chi connectivity index (χ3n) is 2.83. The maximum Gasteiger partial charge on any atom is 0.273 e. The minimum absolute atomic E-state index is 0.196. The van der Waals surface area contributed by atoms with Gasteiger partial charge in [0.25, 0.3) is 5.91 Å². The van der Waals surface area contributed by atoms with E-state index < -0.39 is 0 Å². The van der Waals surface area contributed by atoms with Gasteiger partial charge in [-0.05, 0) is 24.1 Å². The van der Waals surface area contributed by atoms with Crippen molar-refractivity contribution in [1.82, 2.24) is 9.55 Å². The predicted octanol–water partition coefficient (Wildman–Crippen LogP) is 1.82. The van der Waals surface area contributed by atoms with Crippen LogP contribution in [0.25, 0.3) is 0 Å². The van der Waals surface area contributed by atoms with Crippen LogP contribution in [-0.4, -0.2) is 15.5 Å². The maximum atomic E-state index is 11.9. The first kappa shape index (κ1) is 12.2. The Morgan fingerprint density at radius 2 is 2.28 bits per heavy atom. The van der Waals surface area contributed by atoms with Crippen LogP contribution in [0, 0.1) is 0 Å². The topological polar surface area (TPSA) is 72.9 Å². The Kier molecular flexibility index (Phi) is 3.32. The van der Waals surface area contributed by atoms with Crippen LogP contribution in [0.3, 0.4) is 0 Å². The van der Waals surface area contributed by atoms with Crippen molar-refractivity contribution >= 4 is 17.3 Å². The Balaban J connectivity index is 2.17. The molecule has 0 atom stereocenters. The van der Waals surface area contributed by atoms with E-state index in [0.29, 0.717) is 17.1 Å². The number of carbonyl (C=O) groups excluding carboxylic acids is 1. The fourth-order valence-corrected chi connectivity index (χ4v) is 1.77. The van der Waals surface area contributed by atoms with Crippen molar-refractivity contribution in [1.29, 1.82) is 0 Å². The zero-order valence-electron chi connectivity index (χ0n) is 10.5. The molecule has 0 radical (unpaired) electrons. The molecule has 5 heteroatoms. The number of anilines is 2. The second kappa shape index (κ2) is 4.91. The van der Waals surface area contributed by atoms with Crippen LogP contribution in [0.1, 0.15) is 23.0 Å². The van der Waals surface area contributed by atoms with Gasteiger partial charge in [0.15, 0.2) is 0 Å². The zero-order valence-corrected chi connectivity index (χ0v) is 10.5. The lowest BCUT2D eigenvalue weighted by Gasteiger charge is -2.08. The molecule has 0 unspecified atom stereocenters. The van der Waals surface area contributed by atoms with Crippen LogP contribution in [0.15, 0.2) is 30.7 Å². The van der Waals surface area contributed by atoms with Gasteiger partial charge in [-0.2, -0.15) is 0 Å². The molecule has 0 bridgehead atoms. The minimum Gasteiger partial charge on any atom is -0.398 e. The molecule has 2 rings (SSSR count). The van der Waals surface area contributed by atoms with Gasteiger partial charge in [-0.1, -0.05) is 13.0 Å². The van der Waals surface area contributed by atoms with Crippen molar-refractivity contribution in [3.05, 3.63) is 42.0 Å². The number of nitrogen functional groups attached to an aromatic ring is 1. The second-order valence-corrected chi connectivity index (χ2v) is 4.11. The number of imidazole rings is 1. The van der Waals surface area contributed by atoms with E-state index in [-0.39, 0.29) is 5.91 Å². The minimum atomic E-state index is -0.196. The molecule has 2 aromatic rings. The molecular weight excluding hydrogens is 228 g/mol. The first-order valence-corrected chi connectivity index (χ1v) is 5.78. The molecular formula is C13H16N4O. The summed E-state index contributed by atoms with van der Waals surface area (Å²) < 4.78 is 1.67. The first-order valence-electron chi connectivity index (χ1n) is 5.78. The van der Waals surface area contributed by atoms with E-state index >= 15 is 0 Å². The summed E-state index contributed by atoms with van der Waals surface area (Å²) in [6.07, 6.45) is 3.99. The summed E-state index contributed by atoms with van der Waals surface area (Å²) in [5.41, 5.74) is 8.86. The van der Waals surface area contributed by atoms with Crippen molar-refractivity contribution in [3.8, 4) is 0 Å². The number of aromatic nitrogens is 2. The normalized spacial score (nSPS) is 10.3. The highest BCUT2D eigenvalue weighted by molar-refractivity contribution is 6.03. The van der Waals surface area contributed by atoms with E-state index in [2.05, 4.69) is 10.3 Å². The molecule has 0 aliphatic carbocycles. The highest BCUT2D eigenvalue weighted by Crippen LogP contribution is 2.19. The standard InChI is InChI=1S/C13H16N4O/c1-3-9-4-5-10(6-11(9)14)16-13(18)12-7-15-8-17(12)2/h4-8H,3,14H2,1-2H3,(H,16,18). The van der Waals surface area contributed by atoms with Crippen LogP contribution >= 0.6 is 0 Å². The van der Waals surface area contributed by atoms with Crippen molar-refractivity contribution in [3.63, 3.8) is 0 Å². The molecule has 0 saturated heterocycles. The molecule has 1 heterocycles. The largest absolute Gasteiger partial charge is 0.398 e. The van der Waals surface area contributed by atoms with Crippen LogP contribution in [0.2, 0.25) is 0 Å². The summed E-state index contributed by atoms with van der Waals surface area (Å²) in [6, 6.07) is 5.55. The average molecular weight is 244 g/mol. The maximum absolute atomic E-state index is 11.9. The van der Waals surface area contributed by atoms with Gasteiger partial charge >= 0.3 is 0 Å². The summed E-state index contributed by atoms with van der Waals surface area (Å²) in [5, 5.41) is 2.80. The lowest BCUT2D eigenvalue weighted by molar-refractivity contribution is 0.101. The fraction of sp³-hybridized carbons (Fsp3) is 0.231. The molecule has 0 saturated carbocycles. The van der Waals surface area contributed by atoms with Crippen molar-refractivity contribution in [2.24, 2.45) is 7.05 Å². The van der Waals surface area contributed by atoms with Gasteiger partial charge < -0.3 is 15.6 Å². The first-order chi connectivity index (χ1) is 8.61. The van der Waals surface area contributed by atoms with E-state index in [1.165, 1.54) is 6.20 Å². The molecule has 5 nitrogen and oxygen atoms in total. The average Bonchev–Trinajstić information content (AvgIpc) is 2.76. The highest BCUT2D eigenvalue weighted by atomic mass is 16.1. The van der Waals surface area contributed by atoms with Crippen molar-refractivity contribution in [2.75, 3.05) is 11.1 Å². The second-order valence-electron chi connectivity index (χ2n) is 4.11. The Hall–Kier alpha value is -2.30. The van der Waals surface area contributed by atoms with Gasteiger partial charge in [0, 0.05) is 18.4 Å². The number of hydrogen-bond acceptors (Lipinski definition) is 3. The lowest BCUT2D eigenvalue weighted by Crippen LogP contribution is -2.15. The predicted molar refractivity (Wildman–Crippen MR) is 71.4 cm³/mol. The van der Waals surface area contributed by atoms with E-state index in [0.717, 1.165) is 12.0 Å². The third-order valence-corrected chi connectivity index (χ3v) is 2.83. The molecule has 0 aliphatic heterocycles. The van der Waals surface area contributed by atoms with Gasteiger partial charge in [0.1, 0.15) is 5.69 Å². The Morgan fingerprint density at radius 3 is 2.83 bits per heavy atom. The Morgan fingerprint density at radius 1 is 1.50 bits per heavy atom. The van der Waals surface area contributed by atoms with Crippen LogP contribution < -0.4 is 11.1 Å². The summed E-state index contributed by atoms with van der Waals surface area (Å²) >= 11 is 0. The summed E-state index contributed by atoms with van der Waals surface area (Å²) in [5.74, 6) is -0.196. The molecule has 1 amide bonds. The molecule has 0 fully saturated rings. The van der Waals surface area contributed by atoms with Crippen molar-refractivity contribution < 1.29 is 4.79 Å². The fourth-order valence-electron chi connectivity index (χ4n) is 1.77. The van der Waals surface area contributed by atoms with Gasteiger partial charge in [0.05, 0.1) is 12.5 Å². The molecule has 1 aromatic heterocycles. The summed E-state index contributed by atoms with van der Waals surface area (Å²) in [4.78, 5) is 15.9. The van der Waals surface area contributed by atoms with Crippen LogP contribution in [0.5, 0.6) is 0 Å². The lowest BCUT2D eigenvalue weighted by atomic mass is 10.1. The number of rotatable bonds is 3. The van der Waals surface area contributed by atoms with Gasteiger partial charge in [-0.25, -0.2) is 4.98 Å². The number of aryl methyl sites for hydroxylation is 2. The third kappa shape index (κ3) is 2.34. The number of amides is 1. The van der Waals surface area contributed by atoms with E-state index in [9.17, 15) is 4.79 Å². The summed E-state index contributed by atoms with van der Waals surface area (Å²) in [7, 11) is 1.77. The smallest absolute Gasteiger partial charge is 0.273 e. The molecule has 0 aliphatic rings. The van der Waals surface area contributed by atoms with E-state index in [1.807, 2.05) is 19.1 Å². The molecule has 0 spiro atoms. The quantitative estimate of drug-likeness (QED) is 0.809. The van der Waals surface area contributed by atoms with E-state index in [1.54, 1.807) is 24.0 Å². The van der Waals surface area contributed by atoms with Crippen molar-refractivity contribution in [2.45, 2.75) is 13.3 Å². The molecule has 1 aromatic carbocycles. The SMILES string of the molecule is CCc1ccc(NC(=O)c2cncn2C)cc1N. The van der Waals surface area contributed by atoms with Gasteiger partial charge in [0.2, 0.25) is 0 Å².